The first kappa shape index (κ1) is 9.22. The lowest BCUT2D eigenvalue weighted by atomic mass is 10.5. The van der Waals surface area contributed by atoms with Crippen molar-refractivity contribution in [3.05, 3.63) is 21.3 Å². The van der Waals surface area contributed by atoms with Crippen LogP contribution in [0.1, 0.15) is 11.8 Å². The van der Waals surface area contributed by atoms with Crippen molar-refractivity contribution in [3.8, 4) is 0 Å². The molecule has 64 valence electrons. The fraction of sp³-hybridized carbons (Fsp3) is 0.143. The van der Waals surface area contributed by atoms with Gasteiger partial charge < -0.3 is 0 Å². The zero-order valence-corrected chi connectivity index (χ0v) is 7.95. The third kappa shape index (κ3) is 3.02. The third-order valence-corrected chi connectivity index (χ3v) is 2.17. The normalized spacial score (nSPS) is 10.5. The van der Waals surface area contributed by atoms with E-state index in [-0.39, 0.29) is 5.91 Å². The topological polar surface area (TPSA) is 41.5 Å². The zero-order valence-electron chi connectivity index (χ0n) is 6.37. The summed E-state index contributed by atoms with van der Waals surface area (Å²) in [6, 6.07) is 3.61. The van der Waals surface area contributed by atoms with Crippen molar-refractivity contribution in [2.45, 2.75) is 6.92 Å². The smallest absolute Gasteiger partial charge is 0.236 e. The predicted octanol–water partition coefficient (Wildman–Crippen LogP) is 1.87. The van der Waals surface area contributed by atoms with Crippen molar-refractivity contribution in [2.75, 3.05) is 0 Å². The molecule has 0 saturated carbocycles. The van der Waals surface area contributed by atoms with Gasteiger partial charge in [0.05, 0.1) is 10.6 Å². The molecule has 1 aromatic rings. The highest BCUT2D eigenvalue weighted by Crippen LogP contribution is 2.19. The first-order valence-corrected chi connectivity index (χ1v) is 4.43. The Balaban J connectivity index is 2.52. The molecule has 0 spiro atoms. The maximum Gasteiger partial charge on any atom is 0.236 e. The molecule has 0 fully saturated rings. The average Bonchev–Trinajstić information content (AvgIpc) is 2.35. The summed E-state index contributed by atoms with van der Waals surface area (Å²) in [6.07, 6.45) is 1.55. The van der Waals surface area contributed by atoms with Crippen LogP contribution >= 0.6 is 22.9 Å². The Morgan fingerprint density at radius 3 is 3.00 bits per heavy atom. The van der Waals surface area contributed by atoms with Crippen LogP contribution in [-0.2, 0) is 4.79 Å². The summed E-state index contributed by atoms with van der Waals surface area (Å²) in [5, 5.41) is 3.68. The first-order chi connectivity index (χ1) is 5.68. The summed E-state index contributed by atoms with van der Waals surface area (Å²) in [6.45, 7) is 1.40. The molecule has 12 heavy (non-hydrogen) atoms. The highest BCUT2D eigenvalue weighted by atomic mass is 35.5. The lowest BCUT2D eigenvalue weighted by Gasteiger charge is -1.88. The summed E-state index contributed by atoms with van der Waals surface area (Å²) in [7, 11) is 0. The number of carbonyl (C=O) groups excluding carboxylic acids is 1. The number of thiophene rings is 1. The highest BCUT2D eigenvalue weighted by molar-refractivity contribution is 7.17. The van der Waals surface area contributed by atoms with Gasteiger partial charge in [-0.15, -0.1) is 11.3 Å². The number of nitrogens with one attached hydrogen (secondary N) is 1. The minimum absolute atomic E-state index is 0.186. The van der Waals surface area contributed by atoms with Crippen LogP contribution in [0.3, 0.4) is 0 Å². The van der Waals surface area contributed by atoms with E-state index < -0.39 is 0 Å². The van der Waals surface area contributed by atoms with Gasteiger partial charge in [-0.05, 0) is 12.1 Å². The Kier molecular flexibility index (Phi) is 3.25. The van der Waals surface area contributed by atoms with Crippen LogP contribution in [0.15, 0.2) is 17.2 Å². The Labute approximate surface area is 79.0 Å². The molecule has 3 nitrogen and oxygen atoms in total. The van der Waals surface area contributed by atoms with Gasteiger partial charge in [-0.1, -0.05) is 11.6 Å². The monoisotopic (exact) mass is 202 g/mol. The molecule has 1 N–H and O–H groups in total. The first-order valence-electron chi connectivity index (χ1n) is 3.23. The van der Waals surface area contributed by atoms with Crippen molar-refractivity contribution in [2.24, 2.45) is 5.10 Å². The lowest BCUT2D eigenvalue weighted by molar-refractivity contribution is -0.118. The standard InChI is InChI=1S/C7H7ClN2OS/c1-5(11)10-9-4-6-2-3-7(8)12-6/h2-4H,1H3,(H,10,11)/b9-4+. The maximum atomic E-state index is 10.4. The van der Waals surface area contributed by atoms with Crippen LogP contribution in [-0.4, -0.2) is 12.1 Å². The summed E-state index contributed by atoms with van der Waals surface area (Å²) in [5.74, 6) is -0.186. The molecule has 1 aromatic heterocycles. The van der Waals surface area contributed by atoms with Gasteiger partial charge in [0.1, 0.15) is 0 Å². The van der Waals surface area contributed by atoms with E-state index >= 15 is 0 Å². The van der Waals surface area contributed by atoms with Crippen molar-refractivity contribution in [1.82, 2.24) is 5.43 Å². The predicted molar refractivity (Wildman–Crippen MR) is 50.7 cm³/mol. The number of hydrogen-bond donors (Lipinski definition) is 1. The fourth-order valence-electron chi connectivity index (χ4n) is 0.584. The van der Waals surface area contributed by atoms with Gasteiger partial charge in [0.25, 0.3) is 0 Å². The summed E-state index contributed by atoms with van der Waals surface area (Å²) < 4.78 is 0.708. The van der Waals surface area contributed by atoms with Crippen LogP contribution in [0.5, 0.6) is 0 Å². The summed E-state index contributed by atoms with van der Waals surface area (Å²) in [4.78, 5) is 11.3. The third-order valence-electron chi connectivity index (χ3n) is 1.01. The highest BCUT2D eigenvalue weighted by Gasteiger charge is 1.92. The molecule has 5 heteroatoms. The van der Waals surface area contributed by atoms with Gasteiger partial charge in [0.15, 0.2) is 0 Å². The number of amides is 1. The zero-order chi connectivity index (χ0) is 8.97. The van der Waals surface area contributed by atoms with Crippen LogP contribution < -0.4 is 5.43 Å². The van der Waals surface area contributed by atoms with Crippen molar-refractivity contribution in [3.63, 3.8) is 0 Å². The summed E-state index contributed by atoms with van der Waals surface area (Å²) >= 11 is 7.08. The van der Waals surface area contributed by atoms with E-state index in [4.69, 9.17) is 11.6 Å². The van der Waals surface area contributed by atoms with Crippen LogP contribution in [0.2, 0.25) is 4.34 Å². The van der Waals surface area contributed by atoms with E-state index in [1.165, 1.54) is 18.3 Å². The van der Waals surface area contributed by atoms with Gasteiger partial charge in [-0.2, -0.15) is 5.10 Å². The Morgan fingerprint density at radius 1 is 1.75 bits per heavy atom. The van der Waals surface area contributed by atoms with Gasteiger partial charge in [0, 0.05) is 11.8 Å². The van der Waals surface area contributed by atoms with Gasteiger partial charge in [-0.25, -0.2) is 5.43 Å². The number of hydrazone groups is 1. The molecule has 0 atom stereocenters. The quantitative estimate of drug-likeness (QED) is 0.578. The van der Waals surface area contributed by atoms with Crippen LogP contribution in [0, 0.1) is 0 Å². The Bertz CT molecular complexity index is 308. The second-order valence-corrected chi connectivity index (χ2v) is 3.81. The molecule has 1 rings (SSSR count). The number of hydrogen-bond acceptors (Lipinski definition) is 3. The largest absolute Gasteiger partial charge is 0.274 e. The molecule has 0 aliphatic carbocycles. The molecule has 0 aliphatic rings. The number of nitrogens with zero attached hydrogens (tertiary/aromatic N) is 1. The SMILES string of the molecule is CC(=O)N/N=C/c1ccc(Cl)s1. The number of carbonyl (C=O) groups is 1. The second-order valence-electron chi connectivity index (χ2n) is 2.07. The fourth-order valence-corrected chi connectivity index (χ4v) is 1.52. The Hall–Kier alpha value is -0.870. The molecule has 0 radical (unpaired) electrons. The van der Waals surface area contributed by atoms with Gasteiger partial charge in [-0.3, -0.25) is 4.79 Å². The van der Waals surface area contributed by atoms with E-state index in [9.17, 15) is 4.79 Å². The van der Waals surface area contributed by atoms with Gasteiger partial charge in [0.2, 0.25) is 5.91 Å². The molecule has 0 saturated heterocycles. The molecule has 1 amide bonds. The van der Waals surface area contributed by atoms with Crippen molar-refractivity contribution in [1.29, 1.82) is 0 Å². The van der Waals surface area contributed by atoms with Crippen LogP contribution in [0.4, 0.5) is 0 Å². The maximum absolute atomic E-state index is 10.4. The molecule has 1 heterocycles. The minimum atomic E-state index is -0.186. The van der Waals surface area contributed by atoms with Gasteiger partial charge >= 0.3 is 0 Å². The van der Waals surface area contributed by atoms with E-state index in [1.807, 2.05) is 6.07 Å². The van der Waals surface area contributed by atoms with Crippen molar-refractivity contribution < 1.29 is 4.79 Å². The molecule has 0 aliphatic heterocycles. The summed E-state index contributed by atoms with van der Waals surface area (Å²) in [5.41, 5.74) is 2.30. The van der Waals surface area contributed by atoms with E-state index in [0.29, 0.717) is 4.34 Å². The van der Waals surface area contributed by atoms with Crippen LogP contribution in [0.25, 0.3) is 0 Å². The number of halogens is 1. The molecule has 0 bridgehead atoms. The lowest BCUT2D eigenvalue weighted by Crippen LogP contribution is -2.11. The number of rotatable bonds is 2. The molecule has 0 unspecified atom stereocenters. The Morgan fingerprint density at radius 2 is 2.50 bits per heavy atom. The molecule has 0 aromatic carbocycles. The molecular formula is C7H7ClN2OS. The van der Waals surface area contributed by atoms with Crippen molar-refractivity contribution >= 4 is 35.1 Å². The minimum Gasteiger partial charge on any atom is -0.274 e. The van der Waals surface area contributed by atoms with E-state index in [0.717, 1.165) is 4.88 Å². The van der Waals surface area contributed by atoms with E-state index in [2.05, 4.69) is 10.5 Å². The second kappa shape index (κ2) is 4.23. The molecular weight excluding hydrogens is 196 g/mol. The average molecular weight is 203 g/mol. The van der Waals surface area contributed by atoms with E-state index in [1.54, 1.807) is 12.3 Å².